The summed E-state index contributed by atoms with van der Waals surface area (Å²) in [7, 11) is -8.03. The Labute approximate surface area is 216 Å². The predicted octanol–water partition coefficient (Wildman–Crippen LogP) is 3.09. The van der Waals surface area contributed by atoms with Gasteiger partial charge in [-0.05, 0) is 49.2 Å². The number of halogens is 1. The van der Waals surface area contributed by atoms with Crippen molar-refractivity contribution in [3.05, 3.63) is 65.9 Å². The van der Waals surface area contributed by atoms with Crippen molar-refractivity contribution in [2.24, 2.45) is 0 Å². The molecule has 0 bridgehead atoms. The maximum atomic E-state index is 12.7. The summed E-state index contributed by atoms with van der Waals surface area (Å²) in [6.07, 6.45) is 4.79. The smallest absolute Gasteiger partial charge is 0.257 e. The summed E-state index contributed by atoms with van der Waals surface area (Å²) in [4.78, 5) is 13.2. The Balaban J connectivity index is 1.09. The van der Waals surface area contributed by atoms with Gasteiger partial charge in [-0.2, -0.15) is 0 Å². The summed E-state index contributed by atoms with van der Waals surface area (Å²) in [6, 6.07) is 13.3. The number of benzene rings is 2. The standard InChI is InChI=1S/C24H26ClN5O4S2/c25-21-9-7-19(8-10-21)20-17-26-24(27-18-20)29-15-13-28(14-16-29)11-3-4-12-30-35(31,32)22-5-1-2-6-23(22)36(30,33)34/h1-2,5-10,17-18H,3-4,11-16H2. The monoisotopic (exact) mass is 547 g/mol. The summed E-state index contributed by atoms with van der Waals surface area (Å²) in [6.45, 7) is 3.94. The SMILES string of the molecule is O=S1(=O)c2ccccc2S(=O)(=O)N1CCCCN1CCN(c2ncc(-c3ccc(Cl)cc3)cn2)CC1. The van der Waals surface area contributed by atoms with Crippen LogP contribution in [0.5, 0.6) is 0 Å². The molecule has 0 spiro atoms. The summed E-state index contributed by atoms with van der Waals surface area (Å²) in [5, 5.41) is 0.686. The van der Waals surface area contributed by atoms with Crippen LogP contribution in [0.15, 0.2) is 70.7 Å². The van der Waals surface area contributed by atoms with Crippen molar-refractivity contribution in [3.8, 4) is 11.1 Å². The lowest BCUT2D eigenvalue weighted by Gasteiger charge is -2.34. The van der Waals surface area contributed by atoms with E-state index in [-0.39, 0.29) is 16.3 Å². The van der Waals surface area contributed by atoms with Gasteiger partial charge in [0.05, 0.1) is 0 Å². The van der Waals surface area contributed by atoms with Gasteiger partial charge in [0.25, 0.3) is 20.0 Å². The molecule has 1 aromatic heterocycles. The molecule has 190 valence electrons. The molecule has 3 aromatic rings. The Morgan fingerprint density at radius 3 is 1.86 bits per heavy atom. The zero-order chi connectivity index (χ0) is 25.3. The van der Waals surface area contributed by atoms with Gasteiger partial charge >= 0.3 is 0 Å². The van der Waals surface area contributed by atoms with Crippen LogP contribution in [0.3, 0.4) is 0 Å². The fourth-order valence-corrected chi connectivity index (χ4v) is 9.09. The maximum Gasteiger partial charge on any atom is 0.257 e. The molecule has 2 aromatic carbocycles. The molecule has 0 saturated carbocycles. The average Bonchev–Trinajstić information content (AvgIpc) is 3.04. The number of unbranched alkanes of at least 4 members (excludes halogenated alkanes) is 1. The van der Waals surface area contributed by atoms with E-state index in [4.69, 9.17) is 11.6 Å². The van der Waals surface area contributed by atoms with Gasteiger partial charge in [-0.3, -0.25) is 4.90 Å². The Bertz CT molecular complexity index is 1390. The van der Waals surface area contributed by atoms with Gasteiger partial charge in [-0.1, -0.05) is 39.6 Å². The molecule has 0 atom stereocenters. The van der Waals surface area contributed by atoms with Gasteiger partial charge in [-0.15, -0.1) is 0 Å². The van der Waals surface area contributed by atoms with Crippen LogP contribution < -0.4 is 4.90 Å². The van der Waals surface area contributed by atoms with E-state index >= 15 is 0 Å². The van der Waals surface area contributed by atoms with Crippen LogP contribution in [0.25, 0.3) is 11.1 Å². The quantitative estimate of drug-likeness (QED) is 0.416. The number of aromatic nitrogens is 2. The average molecular weight is 548 g/mol. The second-order valence-electron chi connectivity index (χ2n) is 8.77. The van der Waals surface area contributed by atoms with Gasteiger partial charge in [-0.25, -0.2) is 26.8 Å². The molecular weight excluding hydrogens is 522 g/mol. The van der Waals surface area contributed by atoms with Crippen molar-refractivity contribution in [2.45, 2.75) is 22.6 Å². The van der Waals surface area contributed by atoms with Crippen molar-refractivity contribution in [3.63, 3.8) is 0 Å². The van der Waals surface area contributed by atoms with Crippen molar-refractivity contribution < 1.29 is 16.8 Å². The second-order valence-corrected chi connectivity index (χ2v) is 13.1. The van der Waals surface area contributed by atoms with Crippen LogP contribution in [-0.4, -0.2) is 74.7 Å². The van der Waals surface area contributed by atoms with E-state index in [9.17, 15) is 16.8 Å². The fourth-order valence-electron chi connectivity index (χ4n) is 4.49. The molecule has 0 amide bonds. The van der Waals surface area contributed by atoms with Crippen LogP contribution >= 0.6 is 11.6 Å². The van der Waals surface area contributed by atoms with E-state index in [1.807, 2.05) is 36.7 Å². The number of sulfonamides is 2. The summed E-state index contributed by atoms with van der Waals surface area (Å²) in [5.41, 5.74) is 1.94. The van der Waals surface area contributed by atoms with E-state index < -0.39 is 20.0 Å². The van der Waals surface area contributed by atoms with Crippen molar-refractivity contribution in [1.82, 2.24) is 18.6 Å². The molecule has 0 unspecified atom stereocenters. The number of anilines is 1. The number of rotatable bonds is 7. The summed E-state index contributed by atoms with van der Waals surface area (Å²) in [5.74, 6) is 0.691. The number of fused-ring (bicyclic) bond motifs is 1. The highest BCUT2D eigenvalue weighted by atomic mass is 35.5. The largest absolute Gasteiger partial charge is 0.338 e. The highest BCUT2D eigenvalue weighted by Gasteiger charge is 2.46. The molecule has 2 aliphatic heterocycles. The normalized spacial score (nSPS) is 19.3. The van der Waals surface area contributed by atoms with Gasteiger partial charge in [0.15, 0.2) is 0 Å². The van der Waals surface area contributed by atoms with Crippen LogP contribution in [0.4, 0.5) is 5.95 Å². The van der Waals surface area contributed by atoms with Gasteiger partial charge in [0, 0.05) is 55.7 Å². The molecule has 0 radical (unpaired) electrons. The van der Waals surface area contributed by atoms with Crippen LogP contribution in [0.1, 0.15) is 12.8 Å². The van der Waals surface area contributed by atoms with Crippen molar-refractivity contribution in [2.75, 3.05) is 44.2 Å². The van der Waals surface area contributed by atoms with Gasteiger partial charge in [0.1, 0.15) is 9.79 Å². The van der Waals surface area contributed by atoms with Gasteiger partial charge < -0.3 is 4.90 Å². The molecule has 36 heavy (non-hydrogen) atoms. The molecule has 9 nitrogen and oxygen atoms in total. The number of piperazine rings is 1. The Morgan fingerprint density at radius 1 is 0.722 bits per heavy atom. The number of hydrogen-bond acceptors (Lipinski definition) is 8. The minimum absolute atomic E-state index is 0.0485. The maximum absolute atomic E-state index is 12.7. The molecule has 12 heteroatoms. The lowest BCUT2D eigenvalue weighted by molar-refractivity contribution is 0.251. The minimum atomic E-state index is -4.01. The van der Waals surface area contributed by atoms with Crippen molar-refractivity contribution in [1.29, 1.82) is 0 Å². The van der Waals surface area contributed by atoms with Crippen LogP contribution in [0.2, 0.25) is 5.02 Å². The van der Waals surface area contributed by atoms with E-state index in [1.165, 1.54) is 24.3 Å². The topological polar surface area (TPSA) is 104 Å². The molecule has 0 N–H and O–H groups in total. The second kappa shape index (κ2) is 10.1. The Morgan fingerprint density at radius 2 is 1.28 bits per heavy atom. The van der Waals surface area contributed by atoms with Crippen molar-refractivity contribution >= 4 is 37.6 Å². The van der Waals surface area contributed by atoms with Gasteiger partial charge in [0.2, 0.25) is 5.95 Å². The van der Waals surface area contributed by atoms with Crippen LogP contribution in [0, 0.1) is 0 Å². The lowest BCUT2D eigenvalue weighted by atomic mass is 10.1. The Hall–Kier alpha value is -2.57. The van der Waals surface area contributed by atoms with E-state index in [2.05, 4.69) is 19.8 Å². The van der Waals surface area contributed by atoms with E-state index in [0.717, 1.165) is 43.9 Å². The highest BCUT2D eigenvalue weighted by Crippen LogP contribution is 2.36. The molecule has 0 aliphatic carbocycles. The molecule has 5 rings (SSSR count). The first-order valence-corrected chi connectivity index (χ1v) is 14.9. The number of nitrogens with zero attached hydrogens (tertiary/aromatic N) is 5. The third-order valence-corrected chi connectivity index (χ3v) is 11.3. The predicted molar refractivity (Wildman–Crippen MR) is 138 cm³/mol. The molecule has 2 aliphatic rings. The first-order valence-electron chi connectivity index (χ1n) is 11.7. The third-order valence-electron chi connectivity index (χ3n) is 6.48. The van der Waals surface area contributed by atoms with Crippen LogP contribution in [-0.2, 0) is 20.0 Å². The highest BCUT2D eigenvalue weighted by molar-refractivity contribution is 8.06. The molecule has 3 heterocycles. The van der Waals surface area contributed by atoms with E-state index in [0.29, 0.717) is 27.5 Å². The first kappa shape index (κ1) is 25.1. The molecule has 1 fully saturated rings. The Kier molecular flexibility index (Phi) is 7.01. The zero-order valence-electron chi connectivity index (χ0n) is 19.5. The zero-order valence-corrected chi connectivity index (χ0v) is 21.9. The third kappa shape index (κ3) is 4.85. The minimum Gasteiger partial charge on any atom is -0.338 e. The molecule has 1 saturated heterocycles. The summed E-state index contributed by atoms with van der Waals surface area (Å²) < 4.78 is 51.4. The molecular formula is C24H26ClN5O4S2. The number of hydrogen-bond donors (Lipinski definition) is 0. The lowest BCUT2D eigenvalue weighted by Crippen LogP contribution is -2.47. The summed E-state index contributed by atoms with van der Waals surface area (Å²) >= 11 is 5.96. The first-order chi connectivity index (χ1) is 17.3. The van der Waals surface area contributed by atoms with E-state index in [1.54, 1.807) is 0 Å². The fraction of sp³-hybridized carbons (Fsp3) is 0.333.